The van der Waals surface area contributed by atoms with Gasteiger partial charge in [0.1, 0.15) is 6.61 Å². The van der Waals surface area contributed by atoms with Gasteiger partial charge in [0.15, 0.2) is 11.4 Å². The van der Waals surface area contributed by atoms with E-state index in [-0.39, 0.29) is 6.61 Å². The third-order valence-corrected chi connectivity index (χ3v) is 2.19. The molecule has 14 heavy (non-hydrogen) atoms. The smallest absolute Gasteiger partial charge is 0.328 e. The number of hydrogen-bond acceptors (Lipinski definition) is 3. The topological polar surface area (TPSA) is 46.4 Å². The number of nitrogens with zero attached hydrogens (tertiary/aromatic N) is 1. The van der Waals surface area contributed by atoms with E-state index in [1.54, 1.807) is 0 Å². The Hall–Kier alpha value is -1.61. The molecule has 1 radical (unpaired) electrons. The highest BCUT2D eigenvalue weighted by atomic mass is 16.3. The average Bonchev–Trinajstić information content (AvgIpc) is 2.61. The maximum atomic E-state index is 9.01. The lowest BCUT2D eigenvalue weighted by Crippen LogP contribution is -2.22. The van der Waals surface area contributed by atoms with Crippen molar-refractivity contribution in [3.8, 4) is 0 Å². The van der Waals surface area contributed by atoms with E-state index in [2.05, 4.69) is 10.3 Å². The first-order chi connectivity index (χ1) is 6.81. The number of hydrogen-bond donors (Lipinski definition) is 2. The standard InChI is InChI=1S/C11H12N2O/c1-8-10(7-14)13-11(12-8)9-5-3-2-4-6-9/h2-6,13-14H,7H2,1H3/q+1. The molecule has 1 aromatic rings. The molecular formula is C11H12N2O+. The van der Waals surface area contributed by atoms with Crippen LogP contribution < -0.4 is 10.3 Å². The van der Waals surface area contributed by atoms with Crippen molar-refractivity contribution in [2.45, 2.75) is 6.92 Å². The number of aliphatic hydroxyl groups is 1. The van der Waals surface area contributed by atoms with Crippen LogP contribution in [0.1, 0.15) is 12.5 Å². The summed E-state index contributed by atoms with van der Waals surface area (Å²) in [6.45, 7) is 1.89. The van der Waals surface area contributed by atoms with Gasteiger partial charge in [-0.2, -0.15) is 0 Å². The molecule has 0 amide bonds. The number of nitrogens with one attached hydrogen (secondary N) is 1. The second-order valence-electron chi connectivity index (χ2n) is 3.17. The third kappa shape index (κ3) is 1.54. The first-order valence-corrected chi connectivity index (χ1v) is 4.53. The number of amidine groups is 1. The second-order valence-corrected chi connectivity index (χ2v) is 3.17. The van der Waals surface area contributed by atoms with Crippen molar-refractivity contribution < 1.29 is 5.11 Å². The van der Waals surface area contributed by atoms with Crippen molar-refractivity contribution in [3.05, 3.63) is 47.3 Å². The van der Waals surface area contributed by atoms with Gasteiger partial charge in [-0.15, -0.1) is 0 Å². The summed E-state index contributed by atoms with van der Waals surface area (Å²) in [4.78, 5) is 4.34. The molecule has 0 saturated carbocycles. The van der Waals surface area contributed by atoms with Crippen LogP contribution in [0.25, 0.3) is 0 Å². The third-order valence-electron chi connectivity index (χ3n) is 2.19. The van der Waals surface area contributed by atoms with Gasteiger partial charge in [0.25, 0.3) is 0 Å². The number of rotatable bonds is 2. The Balaban J connectivity index is 2.24. The van der Waals surface area contributed by atoms with E-state index in [9.17, 15) is 0 Å². The number of aliphatic imine (C=N–C) groups is 1. The fourth-order valence-electron chi connectivity index (χ4n) is 1.38. The minimum absolute atomic E-state index is 0.00562. The molecule has 71 valence electrons. The number of allylic oxidation sites excluding steroid dienone is 1. The molecule has 1 aliphatic rings. The van der Waals surface area contributed by atoms with Crippen molar-refractivity contribution in [1.29, 1.82) is 0 Å². The highest BCUT2D eigenvalue weighted by Crippen LogP contribution is 2.07. The fraction of sp³-hybridized carbons (Fsp3) is 0.182. The summed E-state index contributed by atoms with van der Waals surface area (Å²) in [5.41, 5.74) is 2.67. The zero-order chi connectivity index (χ0) is 9.97. The molecule has 0 spiro atoms. The van der Waals surface area contributed by atoms with Gasteiger partial charge in [-0.05, 0) is 17.1 Å². The van der Waals surface area contributed by atoms with Crippen molar-refractivity contribution in [2.75, 3.05) is 6.61 Å². The minimum atomic E-state index is 0.00562. The van der Waals surface area contributed by atoms with Crippen molar-refractivity contribution in [1.82, 2.24) is 10.3 Å². The van der Waals surface area contributed by atoms with Crippen LogP contribution in [0.15, 0.2) is 41.7 Å². The van der Waals surface area contributed by atoms with E-state index >= 15 is 0 Å². The van der Waals surface area contributed by atoms with Gasteiger partial charge in [-0.3, -0.25) is 0 Å². The molecule has 1 aromatic carbocycles. The van der Waals surface area contributed by atoms with E-state index in [1.165, 1.54) is 0 Å². The molecule has 0 aliphatic carbocycles. The summed E-state index contributed by atoms with van der Waals surface area (Å²) < 4.78 is 0. The maximum Gasteiger partial charge on any atom is 0.328 e. The molecule has 1 aliphatic heterocycles. The first kappa shape index (κ1) is 8.97. The molecule has 0 atom stereocenters. The lowest BCUT2D eigenvalue weighted by molar-refractivity contribution is 0.325. The average molecular weight is 188 g/mol. The maximum absolute atomic E-state index is 9.01. The predicted molar refractivity (Wildman–Crippen MR) is 55.6 cm³/mol. The largest absolute Gasteiger partial charge is 0.388 e. The van der Waals surface area contributed by atoms with Gasteiger partial charge in [-0.1, -0.05) is 18.2 Å². The first-order valence-electron chi connectivity index (χ1n) is 4.53. The summed E-state index contributed by atoms with van der Waals surface area (Å²) in [5, 5.41) is 12.1. The highest BCUT2D eigenvalue weighted by Gasteiger charge is 2.25. The number of aliphatic hydroxyl groups excluding tert-OH is 1. The fourth-order valence-corrected chi connectivity index (χ4v) is 1.38. The molecule has 1 heterocycles. The molecule has 2 N–H and O–H groups in total. The van der Waals surface area contributed by atoms with Crippen molar-refractivity contribution in [2.24, 2.45) is 0 Å². The van der Waals surface area contributed by atoms with E-state index < -0.39 is 0 Å². The highest BCUT2D eigenvalue weighted by molar-refractivity contribution is 6.00. The van der Waals surface area contributed by atoms with E-state index in [4.69, 9.17) is 5.11 Å². The van der Waals surface area contributed by atoms with Crippen molar-refractivity contribution >= 4 is 5.84 Å². The molecule has 0 fully saturated rings. The van der Waals surface area contributed by atoms with Crippen LogP contribution in [0, 0.1) is 0 Å². The Bertz CT molecular complexity index is 393. The zero-order valence-electron chi connectivity index (χ0n) is 7.99. The second kappa shape index (κ2) is 3.64. The Morgan fingerprint density at radius 3 is 2.57 bits per heavy atom. The molecular weight excluding hydrogens is 176 g/mol. The van der Waals surface area contributed by atoms with Crippen LogP contribution in [0.5, 0.6) is 0 Å². The van der Waals surface area contributed by atoms with E-state index in [0.717, 1.165) is 22.8 Å². The van der Waals surface area contributed by atoms with Crippen molar-refractivity contribution in [3.63, 3.8) is 0 Å². The molecule has 0 aromatic heterocycles. The molecule has 3 nitrogen and oxygen atoms in total. The predicted octanol–water partition coefficient (Wildman–Crippen LogP) is 0.596. The van der Waals surface area contributed by atoms with Crippen LogP contribution in [-0.2, 0) is 0 Å². The number of benzene rings is 1. The Morgan fingerprint density at radius 1 is 1.29 bits per heavy atom. The van der Waals surface area contributed by atoms with Crippen LogP contribution in [0.2, 0.25) is 0 Å². The molecule has 3 heteroatoms. The van der Waals surface area contributed by atoms with Crippen LogP contribution in [0.4, 0.5) is 0 Å². The molecule has 0 bridgehead atoms. The molecule has 0 saturated heterocycles. The monoisotopic (exact) mass is 188 g/mol. The van der Waals surface area contributed by atoms with Gasteiger partial charge >= 0.3 is 5.84 Å². The Labute approximate surface area is 82.8 Å². The SMILES string of the molecule is CC1=C(CO)NC(c2ccccc2)=[N+]1. The summed E-state index contributed by atoms with van der Waals surface area (Å²) in [7, 11) is 0. The van der Waals surface area contributed by atoms with Gasteiger partial charge in [-0.25, -0.2) is 5.32 Å². The minimum Gasteiger partial charge on any atom is -0.388 e. The van der Waals surface area contributed by atoms with Crippen LogP contribution >= 0.6 is 0 Å². The Morgan fingerprint density at radius 2 is 2.00 bits per heavy atom. The van der Waals surface area contributed by atoms with E-state index in [0.29, 0.717) is 0 Å². The normalized spacial score (nSPS) is 15.4. The summed E-state index contributed by atoms with van der Waals surface area (Å²) in [6, 6.07) is 9.86. The van der Waals surface area contributed by atoms with Gasteiger partial charge < -0.3 is 5.11 Å². The van der Waals surface area contributed by atoms with Gasteiger partial charge in [0.05, 0.1) is 5.56 Å². The van der Waals surface area contributed by atoms with E-state index in [1.807, 2.05) is 37.3 Å². The lowest BCUT2D eigenvalue weighted by atomic mass is 10.2. The lowest BCUT2D eigenvalue weighted by Gasteiger charge is -1.95. The van der Waals surface area contributed by atoms with Crippen LogP contribution in [0.3, 0.4) is 0 Å². The molecule has 2 rings (SSSR count). The van der Waals surface area contributed by atoms with Crippen LogP contribution in [-0.4, -0.2) is 17.5 Å². The summed E-state index contributed by atoms with van der Waals surface area (Å²) in [6.07, 6.45) is 0. The zero-order valence-corrected chi connectivity index (χ0v) is 7.99. The summed E-state index contributed by atoms with van der Waals surface area (Å²) >= 11 is 0. The molecule has 0 unspecified atom stereocenters. The van der Waals surface area contributed by atoms with Gasteiger partial charge in [0.2, 0.25) is 0 Å². The summed E-state index contributed by atoms with van der Waals surface area (Å²) in [5.74, 6) is 0.812. The quantitative estimate of drug-likeness (QED) is 0.713. The Kier molecular flexibility index (Phi) is 2.33. The van der Waals surface area contributed by atoms with Gasteiger partial charge in [0, 0.05) is 6.92 Å².